The molecule has 11 heavy (non-hydrogen) atoms. The molecule has 0 amide bonds. The fraction of sp³-hybridized carbons (Fsp3) is 1.00. The van der Waals surface area contributed by atoms with E-state index in [2.05, 4.69) is 20.4 Å². The van der Waals surface area contributed by atoms with Gasteiger partial charge in [0.15, 0.2) is 0 Å². The van der Waals surface area contributed by atoms with Crippen molar-refractivity contribution in [3.63, 3.8) is 0 Å². The van der Waals surface area contributed by atoms with E-state index in [1.807, 2.05) is 0 Å². The normalized spacial score (nSPS) is 12.1. The maximum atomic E-state index is 2.62. The van der Waals surface area contributed by atoms with Crippen LogP contribution in [-0.4, -0.2) is 48.4 Å². The van der Waals surface area contributed by atoms with Gasteiger partial charge in [-0.05, 0) is 0 Å². The average Bonchev–Trinajstić information content (AvgIpc) is 1.97. The Bertz CT molecular complexity index is 81.6. The molecule has 0 atom stereocenters. The molecule has 2 heteroatoms. The van der Waals surface area contributed by atoms with E-state index in [4.69, 9.17) is 0 Å². The van der Waals surface area contributed by atoms with E-state index < -0.39 is 0.755 Å². The summed E-state index contributed by atoms with van der Waals surface area (Å²) in [5.41, 5.74) is 0. The van der Waals surface area contributed by atoms with E-state index in [0.717, 1.165) is 47.7 Å². The van der Waals surface area contributed by atoms with Crippen molar-refractivity contribution in [2.24, 2.45) is 0 Å². The Balaban J connectivity index is 3.43. The number of rotatable bonds is 6. The van der Waals surface area contributed by atoms with Crippen molar-refractivity contribution < 1.29 is 0 Å². The van der Waals surface area contributed by atoms with Gasteiger partial charge in [-0.3, -0.25) is 0 Å². The molecule has 0 N–H and O–H groups in total. The van der Waals surface area contributed by atoms with Gasteiger partial charge >= 0.3 is 107 Å². The number of hydrogen-bond acceptors (Lipinski definition) is 0. The molecule has 0 aliphatic rings. The molecule has 0 rings (SSSR count). The number of unbranched alkanes of at least 4 members (excludes halogenated alkanes) is 2. The Kier molecular flexibility index (Phi) is 8.50. The monoisotopic (exact) mass is 196 g/mol. The molecule has 0 aromatic rings. The Morgan fingerprint density at radius 2 is 1.36 bits per heavy atom. The summed E-state index contributed by atoms with van der Waals surface area (Å²) < 4.78 is -0.558. The average molecular weight is 196 g/mol. The van der Waals surface area contributed by atoms with Crippen LogP contribution in [0.3, 0.4) is 0 Å². The van der Waals surface area contributed by atoms with Crippen molar-refractivity contribution >= 4 is 48.4 Å². The van der Waals surface area contributed by atoms with Crippen molar-refractivity contribution in [1.82, 2.24) is 0 Å². The van der Waals surface area contributed by atoms with Crippen LogP contribution in [0.1, 0.15) is 39.5 Å². The SMILES string of the molecule is CCCC[Si](C)([K])CCCC. The van der Waals surface area contributed by atoms with E-state index in [0.29, 0.717) is 0 Å². The minimum atomic E-state index is -0.558. The van der Waals surface area contributed by atoms with Gasteiger partial charge in [-0.25, -0.2) is 0 Å². The summed E-state index contributed by atoms with van der Waals surface area (Å²) in [5, 5.41) is 0. The molecule has 0 saturated heterocycles. The molecular weight excluding hydrogens is 175 g/mol. The predicted molar refractivity (Wildman–Crippen MR) is 56.8 cm³/mol. The maximum absolute atomic E-state index is 2.62. The van der Waals surface area contributed by atoms with Gasteiger partial charge in [-0.2, -0.15) is 0 Å². The molecule has 0 fully saturated rings. The first-order valence-electron chi connectivity index (χ1n) is 5.12. The molecule has 62 valence electrons. The zero-order chi connectivity index (χ0) is 8.74. The summed E-state index contributed by atoms with van der Waals surface area (Å²) in [6, 6.07) is 3.26. The van der Waals surface area contributed by atoms with E-state index in [-0.39, 0.29) is 0 Å². The molecule has 0 aliphatic heterocycles. The summed E-state index contributed by atoms with van der Waals surface area (Å²) in [6.07, 6.45) is 5.83. The van der Waals surface area contributed by atoms with Crippen LogP contribution in [0.2, 0.25) is 18.6 Å². The fourth-order valence-corrected chi connectivity index (χ4v) is 7.62. The zero-order valence-electron chi connectivity index (χ0n) is 8.74. The molecule has 0 aromatic carbocycles. The molecule has 0 aliphatic carbocycles. The summed E-state index contributed by atoms with van der Waals surface area (Å²) in [6.45, 7) is 7.26. The van der Waals surface area contributed by atoms with Crippen molar-refractivity contribution in [3.8, 4) is 0 Å². The third kappa shape index (κ3) is 8.19. The van der Waals surface area contributed by atoms with Gasteiger partial charge in [0.1, 0.15) is 0 Å². The standard InChI is InChI=1S/C9H21Si.K/c1-4-6-8-10(3)9-7-5-2;/h4-9H2,1-3H3;. The van der Waals surface area contributed by atoms with Gasteiger partial charge in [-0.1, -0.05) is 0 Å². The van der Waals surface area contributed by atoms with Gasteiger partial charge in [-0.15, -0.1) is 0 Å². The Morgan fingerprint density at radius 1 is 1.00 bits per heavy atom. The molecule has 0 nitrogen and oxygen atoms in total. The van der Waals surface area contributed by atoms with Crippen LogP contribution in [-0.2, 0) is 0 Å². The second kappa shape index (κ2) is 7.28. The molecule has 0 aromatic heterocycles. The second-order valence-corrected chi connectivity index (χ2v) is 21.0. The van der Waals surface area contributed by atoms with E-state index >= 15 is 0 Å². The molecule has 0 radical (unpaired) electrons. The van der Waals surface area contributed by atoms with Crippen LogP contribution in [0.25, 0.3) is 0 Å². The first-order valence-corrected chi connectivity index (χ1v) is 13.2. The van der Waals surface area contributed by atoms with Gasteiger partial charge in [0.05, 0.1) is 0 Å². The molecule has 0 bridgehead atoms. The van der Waals surface area contributed by atoms with Crippen molar-refractivity contribution in [2.75, 3.05) is 0 Å². The first-order chi connectivity index (χ1) is 5.12. The van der Waals surface area contributed by atoms with E-state index in [1.54, 1.807) is 12.1 Å². The molecule has 0 unspecified atom stereocenters. The Morgan fingerprint density at radius 3 is 1.64 bits per heavy atom. The summed E-state index contributed by atoms with van der Waals surface area (Å²) in [5.74, 6) is 0. The van der Waals surface area contributed by atoms with Crippen LogP contribution in [0.15, 0.2) is 0 Å². The van der Waals surface area contributed by atoms with E-state index in [1.165, 1.54) is 25.7 Å². The van der Waals surface area contributed by atoms with E-state index in [9.17, 15) is 0 Å². The van der Waals surface area contributed by atoms with Crippen molar-refractivity contribution in [2.45, 2.75) is 58.2 Å². The fourth-order valence-electron chi connectivity index (χ4n) is 1.44. The van der Waals surface area contributed by atoms with Crippen molar-refractivity contribution in [1.29, 1.82) is 0 Å². The van der Waals surface area contributed by atoms with Crippen LogP contribution < -0.4 is 0 Å². The summed E-state index contributed by atoms with van der Waals surface area (Å²) in [4.78, 5) is 0. The van der Waals surface area contributed by atoms with Crippen LogP contribution in [0.5, 0.6) is 0 Å². The summed E-state index contributed by atoms with van der Waals surface area (Å²) >= 11 is 1.16. The Labute approximate surface area is 105 Å². The minimum absolute atomic E-state index is 0.558. The van der Waals surface area contributed by atoms with Crippen LogP contribution >= 0.6 is 0 Å². The number of hydrogen-bond donors (Lipinski definition) is 0. The quantitative estimate of drug-likeness (QED) is 0.572. The third-order valence-corrected chi connectivity index (χ3v) is 10.5. The predicted octanol–water partition coefficient (Wildman–Crippen LogP) is 3.33. The summed E-state index contributed by atoms with van der Waals surface area (Å²) in [7, 11) is 0. The van der Waals surface area contributed by atoms with Crippen LogP contribution in [0, 0.1) is 0 Å². The second-order valence-electron chi connectivity index (χ2n) is 4.37. The van der Waals surface area contributed by atoms with Crippen molar-refractivity contribution in [3.05, 3.63) is 0 Å². The molecular formula is C9H21KSi. The zero-order valence-corrected chi connectivity index (χ0v) is 12.9. The first kappa shape index (κ1) is 12.9. The van der Waals surface area contributed by atoms with Crippen LogP contribution in [0.4, 0.5) is 0 Å². The molecule has 0 heterocycles. The van der Waals surface area contributed by atoms with Gasteiger partial charge in [0, 0.05) is 0 Å². The molecule has 0 saturated carbocycles. The third-order valence-electron chi connectivity index (χ3n) is 2.41. The van der Waals surface area contributed by atoms with Gasteiger partial charge in [0.25, 0.3) is 0 Å². The van der Waals surface area contributed by atoms with Gasteiger partial charge < -0.3 is 0 Å². The van der Waals surface area contributed by atoms with Gasteiger partial charge in [0.2, 0.25) is 0 Å². The molecule has 0 spiro atoms. The Hall–Kier alpha value is 1.85. The topological polar surface area (TPSA) is 0 Å².